The molecular formula is C4H3Br2FN2S. The number of rotatable bonds is 1. The first kappa shape index (κ1) is 8.55. The molecule has 0 unspecified atom stereocenters. The number of halogens is 3. The molecule has 1 aromatic heterocycles. The minimum Gasteiger partial charge on any atom is -0.226 e. The van der Waals surface area contributed by atoms with Crippen LogP contribution in [0.4, 0.5) is 3.89 Å². The Hall–Kier alpha value is 0.450. The van der Waals surface area contributed by atoms with E-state index in [1.54, 1.807) is 6.92 Å². The molecule has 1 aromatic rings. The van der Waals surface area contributed by atoms with E-state index in [1.165, 1.54) is 3.97 Å². The van der Waals surface area contributed by atoms with Crippen molar-refractivity contribution in [2.24, 2.45) is 0 Å². The fourth-order valence-electron chi connectivity index (χ4n) is 0.517. The Morgan fingerprint density at radius 1 is 1.60 bits per heavy atom. The van der Waals surface area contributed by atoms with Crippen molar-refractivity contribution in [2.45, 2.75) is 6.92 Å². The summed E-state index contributed by atoms with van der Waals surface area (Å²) in [4.78, 5) is 3.95. The topological polar surface area (TPSA) is 17.8 Å². The average Bonchev–Trinajstić information content (AvgIpc) is 2.09. The van der Waals surface area contributed by atoms with Gasteiger partial charge in [0.2, 0.25) is 0 Å². The Morgan fingerprint density at radius 2 is 2.20 bits per heavy atom. The Labute approximate surface area is 78.9 Å². The van der Waals surface area contributed by atoms with Crippen LogP contribution in [0.3, 0.4) is 0 Å². The van der Waals surface area contributed by atoms with Crippen molar-refractivity contribution in [3.05, 3.63) is 15.0 Å². The van der Waals surface area contributed by atoms with Gasteiger partial charge in [-0.2, -0.15) is 0 Å². The summed E-state index contributed by atoms with van der Waals surface area (Å²) in [5.41, 5.74) is 0.761. The fraction of sp³-hybridized carbons (Fsp3) is 0.250. The van der Waals surface area contributed by atoms with Crippen molar-refractivity contribution >= 4 is 44.2 Å². The molecular weight excluding hydrogens is 287 g/mol. The van der Waals surface area contributed by atoms with Gasteiger partial charge in [0.25, 0.3) is 0 Å². The lowest BCUT2D eigenvalue weighted by atomic mass is 10.6. The summed E-state index contributed by atoms with van der Waals surface area (Å²) in [6.07, 6.45) is 0. The third-order valence-corrected chi connectivity index (χ3v) is 3.40. The second-order valence-corrected chi connectivity index (χ2v) is 3.58. The SMILES string of the molecule is Cc1nc(Br)n(SF)c1Br. The van der Waals surface area contributed by atoms with E-state index < -0.39 is 0 Å². The zero-order chi connectivity index (χ0) is 7.72. The zero-order valence-electron chi connectivity index (χ0n) is 4.94. The number of hydrogen-bond acceptors (Lipinski definition) is 2. The van der Waals surface area contributed by atoms with Crippen LogP contribution in [0.1, 0.15) is 5.69 Å². The van der Waals surface area contributed by atoms with E-state index in [0.29, 0.717) is 9.34 Å². The Balaban J connectivity index is 3.20. The lowest BCUT2D eigenvalue weighted by molar-refractivity contribution is 0.906. The second kappa shape index (κ2) is 3.23. The molecule has 0 N–H and O–H groups in total. The number of aryl methyl sites for hydroxylation is 1. The van der Waals surface area contributed by atoms with Gasteiger partial charge in [-0.15, -0.1) is 3.89 Å². The van der Waals surface area contributed by atoms with Crippen molar-refractivity contribution in [1.82, 2.24) is 8.96 Å². The van der Waals surface area contributed by atoms with Gasteiger partial charge < -0.3 is 0 Å². The molecule has 0 bridgehead atoms. The molecule has 0 radical (unpaired) electrons. The summed E-state index contributed by atoms with van der Waals surface area (Å²) < 4.78 is 14.5. The molecule has 56 valence electrons. The summed E-state index contributed by atoms with van der Waals surface area (Å²) in [5, 5.41) is 0. The van der Waals surface area contributed by atoms with E-state index in [9.17, 15) is 3.89 Å². The maximum absolute atomic E-state index is 12.0. The van der Waals surface area contributed by atoms with Crippen LogP contribution >= 0.6 is 44.2 Å². The summed E-state index contributed by atoms with van der Waals surface area (Å²) in [7, 11) is 0. The number of aromatic nitrogens is 2. The predicted molar refractivity (Wildman–Crippen MR) is 46.5 cm³/mol. The quantitative estimate of drug-likeness (QED) is 0.791. The van der Waals surface area contributed by atoms with Crippen molar-refractivity contribution in [2.75, 3.05) is 0 Å². The predicted octanol–water partition coefficient (Wildman–Crippen LogP) is 3.10. The molecule has 0 saturated heterocycles. The monoisotopic (exact) mass is 288 g/mol. The highest BCUT2D eigenvalue weighted by molar-refractivity contribution is 9.11. The fourth-order valence-corrected chi connectivity index (χ4v) is 2.07. The molecule has 6 heteroatoms. The molecule has 0 aromatic carbocycles. The van der Waals surface area contributed by atoms with Gasteiger partial charge in [0.05, 0.1) is 5.69 Å². The van der Waals surface area contributed by atoms with E-state index >= 15 is 0 Å². The summed E-state index contributed by atoms with van der Waals surface area (Å²) in [5.74, 6) is 0. The zero-order valence-corrected chi connectivity index (χ0v) is 8.93. The smallest absolute Gasteiger partial charge is 0.190 e. The second-order valence-electron chi connectivity index (χ2n) is 1.62. The third kappa shape index (κ3) is 1.38. The molecule has 0 aliphatic heterocycles. The highest BCUT2D eigenvalue weighted by atomic mass is 79.9. The summed E-state index contributed by atoms with van der Waals surface area (Å²) in [6, 6.07) is 0. The van der Waals surface area contributed by atoms with Crippen LogP contribution in [-0.4, -0.2) is 8.96 Å². The van der Waals surface area contributed by atoms with Gasteiger partial charge in [-0.05, 0) is 38.8 Å². The van der Waals surface area contributed by atoms with E-state index in [4.69, 9.17) is 0 Å². The standard InChI is InChI=1S/C4H3Br2FN2S/c1-2-3(5)9(10-7)4(6)8-2/h1H3. The number of hydrogen-bond donors (Lipinski definition) is 0. The van der Waals surface area contributed by atoms with Crippen LogP contribution < -0.4 is 0 Å². The lowest BCUT2D eigenvalue weighted by Gasteiger charge is -1.92. The first-order valence-corrected chi connectivity index (χ1v) is 4.62. The molecule has 1 rings (SSSR count). The first-order valence-electron chi connectivity index (χ1n) is 2.36. The molecule has 0 spiro atoms. The minimum absolute atomic E-state index is 0.103. The molecule has 0 aliphatic carbocycles. The third-order valence-electron chi connectivity index (χ3n) is 0.973. The highest BCUT2D eigenvalue weighted by Crippen LogP contribution is 2.27. The Bertz CT molecular complexity index is 250. The van der Waals surface area contributed by atoms with Crippen LogP contribution in [0.15, 0.2) is 9.34 Å². The van der Waals surface area contributed by atoms with Crippen molar-refractivity contribution in [1.29, 1.82) is 0 Å². The van der Waals surface area contributed by atoms with Gasteiger partial charge >= 0.3 is 0 Å². The highest BCUT2D eigenvalue weighted by Gasteiger charge is 2.09. The van der Waals surface area contributed by atoms with E-state index in [1.807, 2.05) is 0 Å². The van der Waals surface area contributed by atoms with Crippen molar-refractivity contribution in [3.63, 3.8) is 0 Å². The van der Waals surface area contributed by atoms with Crippen molar-refractivity contribution < 1.29 is 3.89 Å². The van der Waals surface area contributed by atoms with Crippen LogP contribution in [0.25, 0.3) is 0 Å². The van der Waals surface area contributed by atoms with Crippen molar-refractivity contribution in [3.8, 4) is 0 Å². The summed E-state index contributed by atoms with van der Waals surface area (Å²) >= 11 is 6.36. The molecule has 2 nitrogen and oxygen atoms in total. The first-order chi connectivity index (χ1) is 4.66. The van der Waals surface area contributed by atoms with Gasteiger partial charge in [-0.3, -0.25) is 0 Å². The van der Waals surface area contributed by atoms with Crippen LogP contribution in [-0.2, 0) is 0 Å². The van der Waals surface area contributed by atoms with Gasteiger partial charge in [-0.25, -0.2) is 8.96 Å². The Morgan fingerprint density at radius 3 is 2.40 bits per heavy atom. The lowest BCUT2D eigenvalue weighted by Crippen LogP contribution is -1.81. The maximum Gasteiger partial charge on any atom is 0.190 e. The molecule has 10 heavy (non-hydrogen) atoms. The van der Waals surface area contributed by atoms with E-state index in [-0.39, 0.29) is 12.3 Å². The summed E-state index contributed by atoms with van der Waals surface area (Å²) in [6.45, 7) is 1.79. The van der Waals surface area contributed by atoms with Crippen LogP contribution in [0, 0.1) is 6.92 Å². The van der Waals surface area contributed by atoms with Crippen LogP contribution in [0.5, 0.6) is 0 Å². The van der Waals surface area contributed by atoms with Gasteiger partial charge in [0.15, 0.2) is 17.1 Å². The van der Waals surface area contributed by atoms with E-state index in [0.717, 1.165) is 5.69 Å². The van der Waals surface area contributed by atoms with E-state index in [2.05, 4.69) is 36.8 Å². The van der Waals surface area contributed by atoms with Gasteiger partial charge in [0.1, 0.15) is 4.60 Å². The largest absolute Gasteiger partial charge is 0.226 e. The minimum atomic E-state index is 0.103. The number of imidazole rings is 1. The molecule has 0 saturated carbocycles. The molecule has 0 fully saturated rings. The maximum atomic E-state index is 12.0. The van der Waals surface area contributed by atoms with Crippen LogP contribution in [0.2, 0.25) is 0 Å². The van der Waals surface area contributed by atoms with Gasteiger partial charge in [-0.1, -0.05) is 0 Å². The molecule has 0 atom stereocenters. The molecule has 1 heterocycles. The normalized spacial score (nSPS) is 10.4. The number of nitrogens with zero attached hydrogens (tertiary/aromatic N) is 2. The molecule has 0 amide bonds. The molecule has 0 aliphatic rings. The van der Waals surface area contributed by atoms with Gasteiger partial charge in [0, 0.05) is 0 Å². The average molecular weight is 290 g/mol. The Kier molecular flexibility index (Phi) is 2.76.